The van der Waals surface area contributed by atoms with Gasteiger partial charge < -0.3 is 9.84 Å². The van der Waals surface area contributed by atoms with E-state index in [1.54, 1.807) is 26.8 Å². The largest absolute Gasteiger partial charge is 0.479 e. The van der Waals surface area contributed by atoms with Crippen LogP contribution in [-0.2, 0) is 16.0 Å². The summed E-state index contributed by atoms with van der Waals surface area (Å²) in [6, 6.07) is 4.57. The predicted molar refractivity (Wildman–Crippen MR) is 78.2 cm³/mol. The van der Waals surface area contributed by atoms with Crippen molar-refractivity contribution in [3.63, 3.8) is 0 Å². The Kier molecular flexibility index (Phi) is 3.94. The molecule has 0 spiro atoms. The summed E-state index contributed by atoms with van der Waals surface area (Å²) in [6.07, 6.45) is 0.0624. The number of amides is 1. The number of nitrogens with zero attached hydrogens (tertiary/aromatic N) is 1. The molecule has 1 unspecified atom stereocenters. The molecule has 21 heavy (non-hydrogen) atoms. The van der Waals surface area contributed by atoms with E-state index in [1.165, 1.54) is 4.90 Å². The summed E-state index contributed by atoms with van der Waals surface area (Å²) in [4.78, 5) is 25.2. The second kappa shape index (κ2) is 5.39. The molecule has 1 aliphatic rings. The number of aliphatic carboxylic acids is 1. The van der Waals surface area contributed by atoms with Crippen LogP contribution in [0.5, 0.6) is 0 Å². The van der Waals surface area contributed by atoms with Crippen molar-refractivity contribution in [3.8, 4) is 0 Å². The quantitative estimate of drug-likeness (QED) is 0.864. The van der Waals surface area contributed by atoms with Gasteiger partial charge in [0, 0.05) is 6.54 Å². The van der Waals surface area contributed by atoms with Gasteiger partial charge in [-0.15, -0.1) is 0 Å². The Morgan fingerprint density at radius 1 is 1.33 bits per heavy atom. The highest BCUT2D eigenvalue weighted by molar-refractivity contribution is 5.83. The fourth-order valence-corrected chi connectivity index (χ4v) is 2.64. The third-order valence-electron chi connectivity index (χ3n) is 3.52. The molecule has 0 bridgehead atoms. The first-order chi connectivity index (χ1) is 9.70. The van der Waals surface area contributed by atoms with Crippen molar-refractivity contribution in [1.82, 2.24) is 4.90 Å². The molecule has 1 aromatic carbocycles. The standard InChI is InChI=1S/C16H21NO4/c1-10-6-5-7-12-11(10)8-9-17(13(12)14(18)19)15(20)21-16(2,3)4/h5-7,13H,8-9H2,1-4H3,(H,18,19). The van der Waals surface area contributed by atoms with Crippen LogP contribution in [-0.4, -0.2) is 34.2 Å². The van der Waals surface area contributed by atoms with E-state index in [4.69, 9.17) is 4.74 Å². The molecular formula is C16H21NO4. The first-order valence-corrected chi connectivity index (χ1v) is 7.01. The number of carbonyl (C=O) groups excluding carboxylic acids is 1. The minimum Gasteiger partial charge on any atom is -0.479 e. The van der Waals surface area contributed by atoms with Gasteiger partial charge in [-0.05, 0) is 50.8 Å². The highest BCUT2D eigenvalue weighted by Crippen LogP contribution is 2.32. The lowest BCUT2D eigenvalue weighted by Crippen LogP contribution is -2.45. The lowest BCUT2D eigenvalue weighted by Gasteiger charge is -2.36. The Morgan fingerprint density at radius 2 is 2.00 bits per heavy atom. The number of ether oxygens (including phenoxy) is 1. The second-order valence-corrected chi connectivity index (χ2v) is 6.31. The molecule has 0 aromatic heterocycles. The van der Waals surface area contributed by atoms with E-state index in [0.29, 0.717) is 18.5 Å². The first kappa shape index (κ1) is 15.4. The van der Waals surface area contributed by atoms with Gasteiger partial charge in [-0.1, -0.05) is 18.2 Å². The van der Waals surface area contributed by atoms with E-state index in [0.717, 1.165) is 11.1 Å². The number of benzene rings is 1. The van der Waals surface area contributed by atoms with Crippen molar-refractivity contribution in [2.45, 2.75) is 45.8 Å². The van der Waals surface area contributed by atoms with E-state index >= 15 is 0 Å². The van der Waals surface area contributed by atoms with Gasteiger partial charge in [0.2, 0.25) is 0 Å². The number of hydrogen-bond acceptors (Lipinski definition) is 3. The summed E-state index contributed by atoms with van der Waals surface area (Å²) >= 11 is 0. The number of rotatable bonds is 1. The second-order valence-electron chi connectivity index (χ2n) is 6.31. The van der Waals surface area contributed by atoms with Crippen LogP contribution in [0.2, 0.25) is 0 Å². The lowest BCUT2D eigenvalue weighted by molar-refractivity contribution is -0.143. The molecule has 5 nitrogen and oxygen atoms in total. The molecule has 1 aromatic rings. The molecule has 0 fully saturated rings. The van der Waals surface area contributed by atoms with Crippen LogP contribution < -0.4 is 0 Å². The fraction of sp³-hybridized carbons (Fsp3) is 0.500. The molecule has 0 radical (unpaired) electrons. The molecule has 1 atom stereocenters. The van der Waals surface area contributed by atoms with Crippen molar-refractivity contribution >= 4 is 12.1 Å². The third kappa shape index (κ3) is 3.17. The zero-order valence-electron chi connectivity index (χ0n) is 12.8. The molecule has 1 heterocycles. The van der Waals surface area contributed by atoms with Crippen molar-refractivity contribution in [2.75, 3.05) is 6.54 Å². The SMILES string of the molecule is Cc1cccc2c1CCN(C(=O)OC(C)(C)C)C2C(=O)O. The highest BCUT2D eigenvalue weighted by atomic mass is 16.6. The maximum atomic E-state index is 12.3. The summed E-state index contributed by atoms with van der Waals surface area (Å²) in [7, 11) is 0. The molecular weight excluding hydrogens is 270 g/mol. The summed E-state index contributed by atoms with van der Waals surface area (Å²) in [5.74, 6) is -1.03. The zero-order chi connectivity index (χ0) is 15.8. The monoisotopic (exact) mass is 291 g/mol. The average Bonchev–Trinajstić information content (AvgIpc) is 2.35. The molecule has 2 rings (SSSR count). The maximum absolute atomic E-state index is 12.3. The van der Waals surface area contributed by atoms with Gasteiger partial charge in [0.15, 0.2) is 6.04 Å². The molecule has 5 heteroatoms. The molecule has 1 N–H and O–H groups in total. The van der Waals surface area contributed by atoms with Gasteiger partial charge in [-0.3, -0.25) is 4.90 Å². The van der Waals surface area contributed by atoms with E-state index < -0.39 is 23.7 Å². The Balaban J connectivity index is 2.37. The first-order valence-electron chi connectivity index (χ1n) is 7.01. The predicted octanol–water partition coefficient (Wildman–Crippen LogP) is 2.91. The molecule has 0 aliphatic carbocycles. The van der Waals surface area contributed by atoms with Crippen LogP contribution in [0.4, 0.5) is 4.79 Å². The van der Waals surface area contributed by atoms with Crippen LogP contribution in [0.25, 0.3) is 0 Å². The van der Waals surface area contributed by atoms with Gasteiger partial charge in [-0.2, -0.15) is 0 Å². The minimum atomic E-state index is -1.03. The van der Waals surface area contributed by atoms with E-state index in [2.05, 4.69) is 0 Å². The number of carboxylic acid groups (broad SMARTS) is 1. The van der Waals surface area contributed by atoms with Gasteiger partial charge in [-0.25, -0.2) is 9.59 Å². The minimum absolute atomic E-state index is 0.351. The Bertz CT molecular complexity index is 574. The van der Waals surface area contributed by atoms with Crippen molar-refractivity contribution in [1.29, 1.82) is 0 Å². The molecule has 0 saturated carbocycles. The fourth-order valence-electron chi connectivity index (χ4n) is 2.64. The Labute approximate surface area is 124 Å². The van der Waals surface area contributed by atoms with Crippen molar-refractivity contribution < 1.29 is 19.4 Å². The van der Waals surface area contributed by atoms with Crippen LogP contribution in [0.3, 0.4) is 0 Å². The number of aryl methyl sites for hydroxylation is 1. The number of carboxylic acids is 1. The van der Waals surface area contributed by atoms with E-state index in [1.807, 2.05) is 19.1 Å². The van der Waals surface area contributed by atoms with Crippen LogP contribution >= 0.6 is 0 Å². The summed E-state index contributed by atoms with van der Waals surface area (Å²) in [5.41, 5.74) is 2.11. The lowest BCUT2D eigenvalue weighted by atomic mass is 9.90. The van der Waals surface area contributed by atoms with Crippen molar-refractivity contribution in [2.24, 2.45) is 0 Å². The van der Waals surface area contributed by atoms with E-state index in [-0.39, 0.29) is 0 Å². The molecule has 1 aliphatic heterocycles. The Morgan fingerprint density at radius 3 is 2.57 bits per heavy atom. The maximum Gasteiger partial charge on any atom is 0.411 e. The van der Waals surface area contributed by atoms with Gasteiger partial charge >= 0.3 is 12.1 Å². The Hall–Kier alpha value is -2.04. The number of carbonyl (C=O) groups is 2. The molecule has 114 valence electrons. The van der Waals surface area contributed by atoms with E-state index in [9.17, 15) is 14.7 Å². The summed E-state index contributed by atoms with van der Waals surface area (Å²) < 4.78 is 5.33. The molecule has 1 amide bonds. The number of hydrogen-bond donors (Lipinski definition) is 1. The number of fused-ring (bicyclic) bond motifs is 1. The molecule has 0 saturated heterocycles. The van der Waals surface area contributed by atoms with Gasteiger partial charge in [0.25, 0.3) is 0 Å². The van der Waals surface area contributed by atoms with Crippen molar-refractivity contribution in [3.05, 3.63) is 34.9 Å². The average molecular weight is 291 g/mol. The highest BCUT2D eigenvalue weighted by Gasteiger charge is 2.38. The normalized spacial score (nSPS) is 18.1. The van der Waals surface area contributed by atoms with Crippen LogP contribution in [0.15, 0.2) is 18.2 Å². The third-order valence-corrected chi connectivity index (χ3v) is 3.52. The van der Waals surface area contributed by atoms with Crippen LogP contribution in [0, 0.1) is 6.92 Å². The zero-order valence-corrected chi connectivity index (χ0v) is 12.8. The smallest absolute Gasteiger partial charge is 0.411 e. The topological polar surface area (TPSA) is 66.8 Å². The summed E-state index contributed by atoms with van der Waals surface area (Å²) in [5, 5.41) is 9.54. The van der Waals surface area contributed by atoms with Crippen LogP contribution in [0.1, 0.15) is 43.5 Å². The van der Waals surface area contributed by atoms with Gasteiger partial charge in [0.05, 0.1) is 0 Å². The van der Waals surface area contributed by atoms with Gasteiger partial charge in [0.1, 0.15) is 5.60 Å². The summed E-state index contributed by atoms with van der Waals surface area (Å²) in [6.45, 7) is 7.61.